The fourth-order valence-corrected chi connectivity index (χ4v) is 2.63. The van der Waals surface area contributed by atoms with Crippen molar-refractivity contribution in [3.05, 3.63) is 48.4 Å². The first kappa shape index (κ1) is 16.2. The summed E-state index contributed by atoms with van der Waals surface area (Å²) in [7, 11) is 0. The molecule has 1 aliphatic rings. The van der Waals surface area contributed by atoms with Gasteiger partial charge in [0.1, 0.15) is 5.82 Å². The van der Waals surface area contributed by atoms with Gasteiger partial charge in [-0.15, -0.1) is 0 Å². The highest BCUT2D eigenvalue weighted by Gasteiger charge is 2.13. The molecule has 1 N–H and O–H groups in total. The second kappa shape index (κ2) is 7.77. The molecule has 1 amide bonds. The summed E-state index contributed by atoms with van der Waals surface area (Å²) in [6, 6.07) is 9.89. The number of carbonyl (C=O) groups is 1. The van der Waals surface area contributed by atoms with Crippen LogP contribution in [0, 0.1) is 5.82 Å². The van der Waals surface area contributed by atoms with Gasteiger partial charge in [0.15, 0.2) is 11.6 Å². The van der Waals surface area contributed by atoms with Crippen LogP contribution in [0.1, 0.15) is 19.3 Å². The van der Waals surface area contributed by atoms with Crippen molar-refractivity contribution in [1.82, 2.24) is 4.98 Å². The van der Waals surface area contributed by atoms with E-state index < -0.39 is 5.82 Å². The Kier molecular flexibility index (Phi) is 5.25. The molecule has 5 nitrogen and oxygen atoms in total. The maximum Gasteiger partial charge on any atom is 0.227 e. The Labute approximate surface area is 140 Å². The van der Waals surface area contributed by atoms with E-state index in [0.29, 0.717) is 5.69 Å². The molecule has 0 atom stereocenters. The summed E-state index contributed by atoms with van der Waals surface area (Å²) in [5, 5.41) is 2.77. The molecule has 0 radical (unpaired) electrons. The van der Waals surface area contributed by atoms with Crippen LogP contribution in [0.4, 0.5) is 15.9 Å². The van der Waals surface area contributed by atoms with Gasteiger partial charge in [-0.05, 0) is 37.1 Å². The van der Waals surface area contributed by atoms with E-state index >= 15 is 0 Å². The van der Waals surface area contributed by atoms with Crippen LogP contribution in [0.3, 0.4) is 0 Å². The molecule has 1 aliphatic heterocycles. The van der Waals surface area contributed by atoms with E-state index in [-0.39, 0.29) is 24.7 Å². The highest BCUT2D eigenvalue weighted by Crippen LogP contribution is 2.19. The maximum atomic E-state index is 13.4. The number of halogens is 1. The fourth-order valence-electron chi connectivity index (χ4n) is 2.63. The number of nitrogens with one attached hydrogen (secondary N) is 1. The van der Waals surface area contributed by atoms with Crippen molar-refractivity contribution < 1.29 is 13.9 Å². The Morgan fingerprint density at radius 2 is 2.00 bits per heavy atom. The summed E-state index contributed by atoms with van der Waals surface area (Å²) in [4.78, 5) is 18.5. The van der Waals surface area contributed by atoms with Gasteiger partial charge in [-0.25, -0.2) is 9.37 Å². The van der Waals surface area contributed by atoms with Gasteiger partial charge < -0.3 is 15.0 Å². The van der Waals surface area contributed by atoms with Gasteiger partial charge >= 0.3 is 0 Å². The molecular formula is C18H20FN3O2. The van der Waals surface area contributed by atoms with Crippen molar-refractivity contribution >= 4 is 17.4 Å². The van der Waals surface area contributed by atoms with Gasteiger partial charge in [-0.2, -0.15) is 0 Å². The number of hydrogen-bond donors (Lipinski definition) is 1. The Balaban J connectivity index is 1.45. The number of hydrogen-bond acceptors (Lipinski definition) is 4. The topological polar surface area (TPSA) is 54.5 Å². The number of ether oxygens (including phenoxy) is 1. The monoisotopic (exact) mass is 329 g/mol. The van der Waals surface area contributed by atoms with Crippen molar-refractivity contribution in [3.63, 3.8) is 0 Å². The number of para-hydroxylation sites is 1. The van der Waals surface area contributed by atoms with Crippen molar-refractivity contribution in [2.75, 3.05) is 29.9 Å². The molecule has 1 fully saturated rings. The van der Waals surface area contributed by atoms with Crippen LogP contribution >= 0.6 is 0 Å². The van der Waals surface area contributed by atoms with Crippen molar-refractivity contribution in [1.29, 1.82) is 0 Å². The predicted molar refractivity (Wildman–Crippen MR) is 90.8 cm³/mol. The molecule has 2 aromatic rings. The van der Waals surface area contributed by atoms with E-state index in [1.165, 1.54) is 25.0 Å². The van der Waals surface area contributed by atoms with E-state index in [0.717, 1.165) is 18.9 Å². The molecule has 6 heteroatoms. The van der Waals surface area contributed by atoms with Gasteiger partial charge in [0.05, 0.1) is 24.9 Å². The number of aromatic nitrogens is 1. The summed E-state index contributed by atoms with van der Waals surface area (Å²) < 4.78 is 18.7. The SMILES string of the molecule is O=C(CCOc1ccccc1F)Nc1ccc(N2CCCC2)nc1. The Hall–Kier alpha value is -2.63. The molecule has 2 heterocycles. The number of amides is 1. The summed E-state index contributed by atoms with van der Waals surface area (Å²) in [5.74, 6) is 0.469. The standard InChI is InChI=1S/C18H20FN3O2/c19-15-5-1-2-6-16(15)24-12-9-18(23)21-14-7-8-17(20-13-14)22-10-3-4-11-22/h1-2,5-8,13H,3-4,9-12H2,(H,21,23). The number of rotatable bonds is 6. The van der Waals surface area contributed by atoms with Crippen LogP contribution in [0.15, 0.2) is 42.6 Å². The summed E-state index contributed by atoms with van der Waals surface area (Å²) in [6.45, 7) is 2.18. The number of pyridine rings is 1. The molecule has 0 spiro atoms. The van der Waals surface area contributed by atoms with Crippen LogP contribution in [-0.4, -0.2) is 30.6 Å². The molecule has 0 bridgehead atoms. The molecule has 1 aromatic carbocycles. The molecular weight excluding hydrogens is 309 g/mol. The molecule has 0 aliphatic carbocycles. The second-order valence-corrected chi connectivity index (χ2v) is 5.68. The number of benzene rings is 1. The Morgan fingerprint density at radius 1 is 1.21 bits per heavy atom. The zero-order valence-corrected chi connectivity index (χ0v) is 13.4. The minimum atomic E-state index is -0.431. The maximum absolute atomic E-state index is 13.4. The quantitative estimate of drug-likeness (QED) is 0.884. The van der Waals surface area contributed by atoms with Crippen molar-refractivity contribution in [2.45, 2.75) is 19.3 Å². The molecule has 0 unspecified atom stereocenters. The third-order valence-electron chi connectivity index (χ3n) is 3.89. The zero-order chi connectivity index (χ0) is 16.8. The van der Waals surface area contributed by atoms with Crippen molar-refractivity contribution in [3.8, 4) is 5.75 Å². The van der Waals surface area contributed by atoms with Crippen LogP contribution in [0.2, 0.25) is 0 Å². The van der Waals surface area contributed by atoms with E-state index in [1.54, 1.807) is 18.3 Å². The molecule has 0 saturated carbocycles. The Bertz CT molecular complexity index is 685. The molecule has 1 aromatic heterocycles. The summed E-state index contributed by atoms with van der Waals surface area (Å²) in [5.41, 5.74) is 0.647. The summed E-state index contributed by atoms with van der Waals surface area (Å²) >= 11 is 0. The lowest BCUT2D eigenvalue weighted by Gasteiger charge is -2.16. The van der Waals surface area contributed by atoms with E-state index in [2.05, 4.69) is 15.2 Å². The predicted octanol–water partition coefficient (Wildman–Crippen LogP) is 3.23. The second-order valence-electron chi connectivity index (χ2n) is 5.68. The Morgan fingerprint density at radius 3 is 2.71 bits per heavy atom. The fraction of sp³-hybridized carbons (Fsp3) is 0.333. The van der Waals surface area contributed by atoms with Gasteiger partial charge in [-0.1, -0.05) is 12.1 Å². The third kappa shape index (κ3) is 4.22. The van der Waals surface area contributed by atoms with Crippen molar-refractivity contribution in [2.24, 2.45) is 0 Å². The number of carbonyl (C=O) groups excluding carboxylic acids is 1. The first-order chi connectivity index (χ1) is 11.7. The van der Waals surface area contributed by atoms with E-state index in [4.69, 9.17) is 4.74 Å². The average Bonchev–Trinajstić information content (AvgIpc) is 3.12. The van der Waals surface area contributed by atoms with Crippen LogP contribution in [-0.2, 0) is 4.79 Å². The minimum absolute atomic E-state index is 0.117. The van der Waals surface area contributed by atoms with Gasteiger partial charge in [0.2, 0.25) is 5.91 Å². The largest absolute Gasteiger partial charge is 0.490 e. The molecule has 1 saturated heterocycles. The lowest BCUT2D eigenvalue weighted by Crippen LogP contribution is -2.19. The normalized spacial score (nSPS) is 13.8. The lowest BCUT2D eigenvalue weighted by molar-refractivity contribution is -0.116. The van der Waals surface area contributed by atoms with E-state index in [1.807, 2.05) is 12.1 Å². The smallest absolute Gasteiger partial charge is 0.227 e. The first-order valence-corrected chi connectivity index (χ1v) is 8.10. The molecule has 3 rings (SSSR count). The molecule has 126 valence electrons. The van der Waals surface area contributed by atoms with Crippen LogP contribution in [0.25, 0.3) is 0 Å². The van der Waals surface area contributed by atoms with Crippen LogP contribution in [0.5, 0.6) is 5.75 Å². The highest BCUT2D eigenvalue weighted by atomic mass is 19.1. The number of anilines is 2. The van der Waals surface area contributed by atoms with Crippen LogP contribution < -0.4 is 15.0 Å². The summed E-state index contributed by atoms with van der Waals surface area (Å²) in [6.07, 6.45) is 4.19. The van der Waals surface area contributed by atoms with Gasteiger partial charge in [0.25, 0.3) is 0 Å². The average molecular weight is 329 g/mol. The minimum Gasteiger partial charge on any atom is -0.490 e. The molecule has 24 heavy (non-hydrogen) atoms. The first-order valence-electron chi connectivity index (χ1n) is 8.10. The lowest BCUT2D eigenvalue weighted by atomic mass is 10.3. The van der Waals surface area contributed by atoms with Gasteiger partial charge in [0, 0.05) is 13.1 Å². The highest BCUT2D eigenvalue weighted by molar-refractivity contribution is 5.90. The number of nitrogens with zero attached hydrogens (tertiary/aromatic N) is 2. The third-order valence-corrected chi connectivity index (χ3v) is 3.89. The van der Waals surface area contributed by atoms with Gasteiger partial charge in [-0.3, -0.25) is 4.79 Å². The zero-order valence-electron chi connectivity index (χ0n) is 13.4. The van der Waals surface area contributed by atoms with E-state index in [9.17, 15) is 9.18 Å².